The van der Waals surface area contributed by atoms with Gasteiger partial charge in [-0.2, -0.15) is 0 Å². The van der Waals surface area contributed by atoms with E-state index in [1.54, 1.807) is 25.7 Å². The number of ether oxygens (including phenoxy) is 1. The van der Waals surface area contributed by atoms with Crippen molar-refractivity contribution in [2.75, 3.05) is 6.54 Å². The number of alkyl carbamates (subject to hydrolysis) is 1. The van der Waals surface area contributed by atoms with Crippen LogP contribution in [0, 0.1) is 12.8 Å². The van der Waals surface area contributed by atoms with Crippen molar-refractivity contribution in [2.24, 2.45) is 5.92 Å². The van der Waals surface area contributed by atoms with Gasteiger partial charge in [-0.25, -0.2) is 4.79 Å². The SMILES string of the molecule is Cc1ccccc1C(C(=O)NCc1ccccc1)N(C(=O)CNC(=O)OC(C)(C)C)C(C)CCC(C)C. The van der Waals surface area contributed by atoms with E-state index in [9.17, 15) is 14.4 Å². The lowest BCUT2D eigenvalue weighted by molar-refractivity contribution is -0.143. The Morgan fingerprint density at radius 3 is 2.11 bits per heavy atom. The Hall–Kier alpha value is -3.35. The van der Waals surface area contributed by atoms with E-state index >= 15 is 0 Å². The predicted molar refractivity (Wildman–Crippen MR) is 147 cm³/mol. The molecule has 37 heavy (non-hydrogen) atoms. The smallest absolute Gasteiger partial charge is 0.408 e. The molecule has 2 aromatic rings. The van der Waals surface area contributed by atoms with E-state index < -0.39 is 17.7 Å². The van der Waals surface area contributed by atoms with Gasteiger partial charge >= 0.3 is 6.09 Å². The fraction of sp³-hybridized carbons (Fsp3) is 0.500. The average molecular weight is 510 g/mol. The van der Waals surface area contributed by atoms with Crippen LogP contribution in [-0.2, 0) is 20.9 Å². The molecule has 0 aliphatic heterocycles. The maximum Gasteiger partial charge on any atom is 0.408 e. The molecule has 0 aliphatic carbocycles. The van der Waals surface area contributed by atoms with Gasteiger partial charge in [-0.05, 0) is 70.1 Å². The minimum Gasteiger partial charge on any atom is -0.444 e. The van der Waals surface area contributed by atoms with E-state index in [0.717, 1.165) is 29.5 Å². The normalized spacial score (nSPS) is 13.0. The van der Waals surface area contributed by atoms with E-state index in [4.69, 9.17) is 4.74 Å². The van der Waals surface area contributed by atoms with Crippen LogP contribution in [0.15, 0.2) is 54.6 Å². The van der Waals surface area contributed by atoms with Crippen LogP contribution in [0.4, 0.5) is 4.79 Å². The first-order chi connectivity index (χ1) is 17.4. The van der Waals surface area contributed by atoms with Crippen molar-refractivity contribution in [3.05, 3.63) is 71.3 Å². The Kier molecular flexibility index (Phi) is 11.2. The van der Waals surface area contributed by atoms with E-state index in [1.165, 1.54) is 0 Å². The summed E-state index contributed by atoms with van der Waals surface area (Å²) in [4.78, 5) is 41.3. The van der Waals surface area contributed by atoms with Crippen molar-refractivity contribution < 1.29 is 19.1 Å². The highest BCUT2D eigenvalue weighted by atomic mass is 16.6. The number of hydrogen-bond acceptors (Lipinski definition) is 4. The van der Waals surface area contributed by atoms with Crippen LogP contribution < -0.4 is 10.6 Å². The molecule has 0 saturated carbocycles. The second-order valence-corrected chi connectivity index (χ2v) is 10.9. The van der Waals surface area contributed by atoms with Gasteiger partial charge < -0.3 is 20.3 Å². The molecular weight excluding hydrogens is 466 g/mol. The molecule has 0 radical (unpaired) electrons. The highest BCUT2D eigenvalue weighted by molar-refractivity contribution is 5.91. The summed E-state index contributed by atoms with van der Waals surface area (Å²) >= 11 is 0. The zero-order valence-corrected chi connectivity index (χ0v) is 23.3. The van der Waals surface area contributed by atoms with Gasteiger partial charge in [-0.1, -0.05) is 68.4 Å². The van der Waals surface area contributed by atoms with Crippen molar-refractivity contribution in [1.82, 2.24) is 15.5 Å². The average Bonchev–Trinajstić information content (AvgIpc) is 2.83. The number of hydrogen-bond donors (Lipinski definition) is 2. The fourth-order valence-electron chi connectivity index (χ4n) is 4.10. The molecule has 7 nitrogen and oxygen atoms in total. The number of benzene rings is 2. The first-order valence-electron chi connectivity index (χ1n) is 13.0. The van der Waals surface area contributed by atoms with E-state index in [0.29, 0.717) is 12.5 Å². The summed E-state index contributed by atoms with van der Waals surface area (Å²) in [7, 11) is 0. The summed E-state index contributed by atoms with van der Waals surface area (Å²) in [5.41, 5.74) is 1.96. The molecule has 0 saturated heterocycles. The van der Waals surface area contributed by atoms with Gasteiger partial charge in [0.1, 0.15) is 18.2 Å². The summed E-state index contributed by atoms with van der Waals surface area (Å²) in [6.45, 7) is 13.5. The van der Waals surface area contributed by atoms with Crippen molar-refractivity contribution in [3.63, 3.8) is 0 Å². The summed E-state index contributed by atoms with van der Waals surface area (Å²) in [6.07, 6.45) is 0.956. The van der Waals surface area contributed by atoms with Crippen LogP contribution in [0.2, 0.25) is 0 Å². The Bertz CT molecular complexity index is 1030. The molecule has 0 aliphatic rings. The lowest BCUT2D eigenvalue weighted by Crippen LogP contribution is -2.51. The molecule has 2 unspecified atom stereocenters. The lowest BCUT2D eigenvalue weighted by Gasteiger charge is -2.37. The monoisotopic (exact) mass is 509 g/mol. The standard InChI is InChI=1S/C30H43N3O4/c1-21(2)17-18-23(4)33(26(34)20-32-29(36)37-30(5,6)7)27(25-16-12-11-13-22(25)3)28(35)31-19-24-14-9-8-10-15-24/h8-16,21,23,27H,17-20H2,1-7H3,(H,31,35)(H,32,36). The highest BCUT2D eigenvalue weighted by Gasteiger charge is 2.35. The third-order valence-electron chi connectivity index (χ3n) is 6.03. The number of carbonyl (C=O) groups excluding carboxylic acids is 3. The maximum absolute atomic E-state index is 13.8. The molecule has 2 rings (SSSR count). The fourth-order valence-corrected chi connectivity index (χ4v) is 4.10. The molecule has 0 fully saturated rings. The third-order valence-corrected chi connectivity index (χ3v) is 6.03. The first kappa shape index (κ1) is 29.9. The van der Waals surface area contributed by atoms with Crippen LogP contribution in [0.25, 0.3) is 0 Å². The summed E-state index contributed by atoms with van der Waals surface area (Å²) in [6, 6.07) is 16.2. The molecule has 2 atom stereocenters. The number of aryl methyl sites for hydroxylation is 1. The van der Waals surface area contributed by atoms with Crippen molar-refractivity contribution in [3.8, 4) is 0 Å². The third kappa shape index (κ3) is 9.90. The van der Waals surface area contributed by atoms with Crippen molar-refractivity contribution in [1.29, 1.82) is 0 Å². The van der Waals surface area contributed by atoms with Gasteiger partial charge in [0, 0.05) is 12.6 Å². The van der Waals surface area contributed by atoms with Gasteiger partial charge in [0.2, 0.25) is 11.8 Å². The molecule has 0 spiro atoms. The van der Waals surface area contributed by atoms with Gasteiger partial charge in [-0.3, -0.25) is 9.59 Å². The Morgan fingerprint density at radius 1 is 0.892 bits per heavy atom. The van der Waals surface area contributed by atoms with Crippen LogP contribution in [0.1, 0.15) is 77.1 Å². The van der Waals surface area contributed by atoms with Gasteiger partial charge in [0.25, 0.3) is 0 Å². The zero-order valence-electron chi connectivity index (χ0n) is 23.3. The van der Waals surface area contributed by atoms with Crippen molar-refractivity contribution >= 4 is 17.9 Å². The minimum atomic E-state index is -0.847. The minimum absolute atomic E-state index is 0.234. The second-order valence-electron chi connectivity index (χ2n) is 10.9. The molecule has 2 aromatic carbocycles. The number of nitrogens with zero attached hydrogens (tertiary/aromatic N) is 1. The topological polar surface area (TPSA) is 87.7 Å². The Morgan fingerprint density at radius 2 is 1.51 bits per heavy atom. The van der Waals surface area contributed by atoms with E-state index in [-0.39, 0.29) is 24.4 Å². The number of rotatable bonds is 11. The van der Waals surface area contributed by atoms with Crippen molar-refractivity contribution in [2.45, 2.75) is 85.5 Å². The molecule has 0 aromatic heterocycles. The number of carbonyl (C=O) groups is 3. The molecule has 2 N–H and O–H groups in total. The largest absolute Gasteiger partial charge is 0.444 e. The quantitative estimate of drug-likeness (QED) is 0.417. The zero-order chi connectivity index (χ0) is 27.6. The molecular formula is C30H43N3O4. The van der Waals surface area contributed by atoms with Crippen LogP contribution in [0.5, 0.6) is 0 Å². The Labute approximate surface area is 222 Å². The second kappa shape index (κ2) is 13.8. The van der Waals surface area contributed by atoms with Gasteiger partial charge in [0.15, 0.2) is 0 Å². The summed E-state index contributed by atoms with van der Waals surface area (Å²) < 4.78 is 5.31. The van der Waals surface area contributed by atoms with E-state index in [2.05, 4.69) is 24.5 Å². The Balaban J connectivity index is 2.39. The highest BCUT2D eigenvalue weighted by Crippen LogP contribution is 2.29. The molecule has 0 bridgehead atoms. The lowest BCUT2D eigenvalue weighted by atomic mass is 9.95. The predicted octanol–water partition coefficient (Wildman–Crippen LogP) is 5.53. The first-order valence-corrected chi connectivity index (χ1v) is 13.0. The number of nitrogens with one attached hydrogen (secondary N) is 2. The molecule has 0 heterocycles. The van der Waals surface area contributed by atoms with Crippen LogP contribution in [0.3, 0.4) is 0 Å². The van der Waals surface area contributed by atoms with Crippen LogP contribution >= 0.6 is 0 Å². The van der Waals surface area contributed by atoms with Crippen LogP contribution in [-0.4, -0.2) is 41.0 Å². The number of amides is 3. The molecule has 7 heteroatoms. The van der Waals surface area contributed by atoms with Gasteiger partial charge in [-0.15, -0.1) is 0 Å². The summed E-state index contributed by atoms with van der Waals surface area (Å²) in [5.74, 6) is -0.159. The molecule has 202 valence electrons. The summed E-state index contributed by atoms with van der Waals surface area (Å²) in [5, 5.41) is 5.60. The maximum atomic E-state index is 13.8. The molecule has 3 amide bonds. The van der Waals surface area contributed by atoms with Gasteiger partial charge in [0.05, 0.1) is 0 Å². The van der Waals surface area contributed by atoms with E-state index in [1.807, 2.05) is 68.4 Å².